The molecule has 146 valence electrons. The number of hydrogen-bond acceptors (Lipinski definition) is 5. The van der Waals surface area contributed by atoms with Crippen LogP contribution in [-0.2, 0) is 13.0 Å². The Labute approximate surface area is 168 Å². The van der Waals surface area contributed by atoms with E-state index in [9.17, 15) is 4.79 Å². The molecule has 0 atom stereocenters. The van der Waals surface area contributed by atoms with Gasteiger partial charge in [-0.25, -0.2) is 0 Å². The molecule has 4 rings (SSSR count). The Hall–Kier alpha value is -3.67. The third-order valence-electron chi connectivity index (χ3n) is 4.61. The van der Waals surface area contributed by atoms with Crippen LogP contribution in [0.25, 0.3) is 11.4 Å². The first kappa shape index (κ1) is 18.7. The Kier molecular flexibility index (Phi) is 5.52. The molecular formula is C23H21N3O3. The molecule has 0 aliphatic heterocycles. The van der Waals surface area contributed by atoms with Gasteiger partial charge in [-0.05, 0) is 24.6 Å². The molecule has 0 fully saturated rings. The fourth-order valence-corrected chi connectivity index (χ4v) is 3.02. The lowest BCUT2D eigenvalue weighted by atomic mass is 10.1. The van der Waals surface area contributed by atoms with Crippen molar-refractivity contribution in [3.63, 3.8) is 0 Å². The predicted octanol–water partition coefficient (Wildman–Crippen LogP) is 4.52. The second-order valence-electron chi connectivity index (χ2n) is 6.82. The van der Waals surface area contributed by atoms with Crippen molar-refractivity contribution in [1.29, 1.82) is 0 Å². The van der Waals surface area contributed by atoms with E-state index in [2.05, 4.69) is 10.1 Å². The molecule has 0 aliphatic carbocycles. The van der Waals surface area contributed by atoms with Crippen LogP contribution in [0.3, 0.4) is 0 Å². The first-order chi connectivity index (χ1) is 14.2. The summed E-state index contributed by atoms with van der Waals surface area (Å²) in [6, 6.07) is 21.2. The number of amides is 1. The molecule has 0 spiro atoms. The number of carbonyl (C=O) groups is 1. The maximum Gasteiger partial charge on any atom is 0.289 e. The standard InChI is InChI=1S/C23H21N3O3/c1-17-9-11-19(12-10-17)22-24-21(29-25-22)13-14-26(16-18-6-3-2-4-7-18)23(27)20-8-5-15-28-20/h2-12,15H,13-14,16H2,1H3. The topological polar surface area (TPSA) is 72.4 Å². The Morgan fingerprint density at radius 1 is 1.00 bits per heavy atom. The Morgan fingerprint density at radius 2 is 1.79 bits per heavy atom. The van der Waals surface area contributed by atoms with Gasteiger partial charge < -0.3 is 13.8 Å². The molecule has 0 N–H and O–H groups in total. The molecule has 0 saturated heterocycles. The molecular weight excluding hydrogens is 366 g/mol. The van der Waals surface area contributed by atoms with Gasteiger partial charge in [0.1, 0.15) is 0 Å². The number of aryl methyl sites for hydroxylation is 1. The van der Waals surface area contributed by atoms with Crippen LogP contribution in [0.15, 0.2) is 81.9 Å². The first-order valence-electron chi connectivity index (χ1n) is 9.45. The fourth-order valence-electron chi connectivity index (χ4n) is 3.02. The minimum atomic E-state index is -0.169. The largest absolute Gasteiger partial charge is 0.459 e. The van der Waals surface area contributed by atoms with Crippen LogP contribution >= 0.6 is 0 Å². The summed E-state index contributed by atoms with van der Waals surface area (Å²) in [5, 5.41) is 4.06. The van der Waals surface area contributed by atoms with Crippen molar-refractivity contribution in [2.75, 3.05) is 6.54 Å². The molecule has 2 heterocycles. The lowest BCUT2D eigenvalue weighted by Crippen LogP contribution is -2.32. The van der Waals surface area contributed by atoms with Gasteiger partial charge in [0, 0.05) is 25.1 Å². The van der Waals surface area contributed by atoms with E-state index < -0.39 is 0 Å². The molecule has 0 saturated carbocycles. The summed E-state index contributed by atoms with van der Waals surface area (Å²) in [5.74, 6) is 1.18. The average Bonchev–Trinajstić information content (AvgIpc) is 3.44. The SMILES string of the molecule is Cc1ccc(-c2noc(CCN(Cc3ccccc3)C(=O)c3ccco3)n2)cc1. The Bertz CT molecular complexity index is 1050. The summed E-state index contributed by atoms with van der Waals surface area (Å²) < 4.78 is 10.7. The van der Waals surface area contributed by atoms with Gasteiger partial charge in [-0.1, -0.05) is 65.3 Å². The van der Waals surface area contributed by atoms with Crippen molar-refractivity contribution < 1.29 is 13.7 Å². The van der Waals surface area contributed by atoms with Crippen LogP contribution in [0.4, 0.5) is 0 Å². The van der Waals surface area contributed by atoms with E-state index in [1.54, 1.807) is 17.0 Å². The number of furan rings is 1. The highest BCUT2D eigenvalue weighted by Crippen LogP contribution is 2.17. The van der Waals surface area contributed by atoms with Crippen molar-refractivity contribution in [3.8, 4) is 11.4 Å². The molecule has 0 bridgehead atoms. The van der Waals surface area contributed by atoms with E-state index in [0.29, 0.717) is 37.0 Å². The normalized spacial score (nSPS) is 10.8. The van der Waals surface area contributed by atoms with E-state index in [4.69, 9.17) is 8.94 Å². The zero-order valence-electron chi connectivity index (χ0n) is 16.1. The number of benzene rings is 2. The molecule has 2 aromatic heterocycles. The summed E-state index contributed by atoms with van der Waals surface area (Å²) >= 11 is 0. The van der Waals surface area contributed by atoms with E-state index in [0.717, 1.165) is 11.1 Å². The summed E-state index contributed by atoms with van der Waals surface area (Å²) in [7, 11) is 0. The maximum atomic E-state index is 12.9. The van der Waals surface area contributed by atoms with E-state index in [1.165, 1.54) is 11.8 Å². The molecule has 1 amide bonds. The minimum Gasteiger partial charge on any atom is -0.459 e. The van der Waals surface area contributed by atoms with Crippen LogP contribution in [0.5, 0.6) is 0 Å². The molecule has 29 heavy (non-hydrogen) atoms. The molecule has 0 radical (unpaired) electrons. The number of rotatable bonds is 7. The lowest BCUT2D eigenvalue weighted by Gasteiger charge is -2.21. The van der Waals surface area contributed by atoms with Gasteiger partial charge in [0.25, 0.3) is 5.91 Å². The Morgan fingerprint density at radius 3 is 2.52 bits per heavy atom. The predicted molar refractivity (Wildman–Crippen MR) is 108 cm³/mol. The van der Waals surface area contributed by atoms with Crippen molar-refractivity contribution in [3.05, 3.63) is 95.8 Å². The number of aromatic nitrogens is 2. The highest BCUT2D eigenvalue weighted by atomic mass is 16.5. The van der Waals surface area contributed by atoms with Crippen LogP contribution < -0.4 is 0 Å². The van der Waals surface area contributed by atoms with Gasteiger partial charge in [0.15, 0.2) is 5.76 Å². The third kappa shape index (κ3) is 4.60. The molecule has 2 aromatic carbocycles. The van der Waals surface area contributed by atoms with Crippen LogP contribution in [0, 0.1) is 6.92 Å². The average molecular weight is 387 g/mol. The first-order valence-corrected chi connectivity index (χ1v) is 9.45. The Balaban J connectivity index is 1.47. The van der Waals surface area contributed by atoms with Crippen molar-refractivity contribution >= 4 is 5.91 Å². The van der Waals surface area contributed by atoms with Crippen molar-refractivity contribution in [1.82, 2.24) is 15.0 Å². The zero-order chi connectivity index (χ0) is 20.1. The summed E-state index contributed by atoms with van der Waals surface area (Å²) in [6.07, 6.45) is 1.96. The second kappa shape index (κ2) is 8.56. The van der Waals surface area contributed by atoms with Crippen molar-refractivity contribution in [2.45, 2.75) is 19.9 Å². The molecule has 6 nitrogen and oxygen atoms in total. The number of hydrogen-bond donors (Lipinski definition) is 0. The lowest BCUT2D eigenvalue weighted by molar-refractivity contribution is 0.0709. The fraction of sp³-hybridized carbons (Fsp3) is 0.174. The third-order valence-corrected chi connectivity index (χ3v) is 4.61. The molecule has 4 aromatic rings. The quantitative estimate of drug-likeness (QED) is 0.466. The van der Waals surface area contributed by atoms with E-state index in [1.807, 2.05) is 61.5 Å². The van der Waals surface area contributed by atoms with Gasteiger partial charge in [-0.2, -0.15) is 4.98 Å². The zero-order valence-corrected chi connectivity index (χ0v) is 16.1. The van der Waals surface area contributed by atoms with Crippen LogP contribution in [-0.4, -0.2) is 27.5 Å². The van der Waals surface area contributed by atoms with Crippen molar-refractivity contribution in [2.24, 2.45) is 0 Å². The van der Waals surface area contributed by atoms with E-state index in [-0.39, 0.29) is 5.91 Å². The summed E-state index contributed by atoms with van der Waals surface area (Å²) in [4.78, 5) is 19.1. The molecule has 0 aliphatic rings. The monoisotopic (exact) mass is 387 g/mol. The van der Waals surface area contributed by atoms with Crippen LogP contribution in [0.1, 0.15) is 27.6 Å². The van der Waals surface area contributed by atoms with Gasteiger partial charge >= 0.3 is 0 Å². The molecule has 6 heteroatoms. The number of nitrogens with zero attached hydrogens (tertiary/aromatic N) is 3. The smallest absolute Gasteiger partial charge is 0.289 e. The molecule has 0 unspecified atom stereocenters. The van der Waals surface area contributed by atoms with Gasteiger partial charge in [-0.15, -0.1) is 0 Å². The maximum absolute atomic E-state index is 12.9. The second-order valence-corrected chi connectivity index (χ2v) is 6.82. The number of carbonyl (C=O) groups excluding carboxylic acids is 1. The summed E-state index contributed by atoms with van der Waals surface area (Å²) in [5.41, 5.74) is 3.11. The van der Waals surface area contributed by atoms with Crippen LogP contribution in [0.2, 0.25) is 0 Å². The minimum absolute atomic E-state index is 0.169. The van der Waals surface area contributed by atoms with Gasteiger partial charge in [0.2, 0.25) is 11.7 Å². The highest BCUT2D eigenvalue weighted by Gasteiger charge is 2.20. The van der Waals surface area contributed by atoms with E-state index >= 15 is 0 Å². The van der Waals surface area contributed by atoms with Gasteiger partial charge in [0.05, 0.1) is 6.26 Å². The highest BCUT2D eigenvalue weighted by molar-refractivity contribution is 5.91. The summed E-state index contributed by atoms with van der Waals surface area (Å²) in [6.45, 7) is 2.94. The van der Waals surface area contributed by atoms with Gasteiger partial charge in [-0.3, -0.25) is 4.79 Å².